The van der Waals surface area contributed by atoms with E-state index in [4.69, 9.17) is 28.2 Å². The van der Waals surface area contributed by atoms with E-state index in [1.165, 1.54) is 0 Å². The number of nitrogens with zero attached hydrogens (tertiary/aromatic N) is 2. The third kappa shape index (κ3) is 5.12. The second-order valence-electron chi connectivity index (χ2n) is 7.89. The molecule has 2 aromatic carbocycles. The minimum absolute atomic E-state index is 0.0261. The van der Waals surface area contributed by atoms with Gasteiger partial charge in [-0.15, -0.1) is 0 Å². The van der Waals surface area contributed by atoms with Crippen LogP contribution in [0.25, 0.3) is 0 Å². The Morgan fingerprint density at radius 2 is 1.56 bits per heavy atom. The van der Waals surface area contributed by atoms with Gasteiger partial charge >= 0.3 is 5.97 Å². The van der Waals surface area contributed by atoms with Crippen LogP contribution in [-0.4, -0.2) is 33.4 Å². The molecule has 5 nitrogen and oxygen atoms in total. The number of benzene rings is 2. The van der Waals surface area contributed by atoms with Crippen molar-refractivity contribution in [2.45, 2.75) is 31.7 Å². The van der Waals surface area contributed by atoms with E-state index < -0.39 is 5.97 Å². The number of amides is 1. The Bertz CT molecular complexity index is 1130. The molecule has 1 aliphatic rings. The van der Waals surface area contributed by atoms with Crippen LogP contribution < -0.4 is 0 Å². The summed E-state index contributed by atoms with van der Waals surface area (Å²) < 4.78 is 0. The van der Waals surface area contributed by atoms with Gasteiger partial charge in [0.25, 0.3) is 0 Å². The zero-order chi connectivity index (χ0) is 22.7. The third-order valence-electron chi connectivity index (χ3n) is 5.69. The monoisotopic (exact) mass is 468 g/mol. The minimum atomic E-state index is -1.02. The molecule has 1 fully saturated rings. The van der Waals surface area contributed by atoms with Crippen molar-refractivity contribution in [1.29, 1.82) is 0 Å². The van der Waals surface area contributed by atoms with Gasteiger partial charge in [-0.25, -0.2) is 4.79 Å². The first-order valence-electron chi connectivity index (χ1n) is 10.4. The summed E-state index contributed by atoms with van der Waals surface area (Å²) in [4.78, 5) is 31.4. The molecule has 1 amide bonds. The maximum absolute atomic E-state index is 13.0. The highest BCUT2D eigenvalue weighted by atomic mass is 35.5. The van der Waals surface area contributed by atoms with Gasteiger partial charge in [-0.05, 0) is 60.4 Å². The van der Waals surface area contributed by atoms with E-state index >= 15 is 0 Å². The summed E-state index contributed by atoms with van der Waals surface area (Å²) in [5.41, 5.74) is 3.20. The van der Waals surface area contributed by atoms with E-state index in [0.29, 0.717) is 35.1 Å². The van der Waals surface area contributed by atoms with Crippen LogP contribution in [0, 0.1) is 0 Å². The largest absolute Gasteiger partial charge is 0.478 e. The van der Waals surface area contributed by atoms with Gasteiger partial charge in [0.1, 0.15) is 0 Å². The molecule has 7 heteroatoms. The fourth-order valence-electron chi connectivity index (χ4n) is 4.08. The van der Waals surface area contributed by atoms with Crippen molar-refractivity contribution < 1.29 is 14.7 Å². The van der Waals surface area contributed by atoms with Crippen LogP contribution in [0.1, 0.15) is 51.8 Å². The summed E-state index contributed by atoms with van der Waals surface area (Å²) in [6.45, 7) is 0.659. The normalized spacial score (nSPS) is 15.7. The number of halogens is 2. The molecule has 4 rings (SSSR count). The maximum atomic E-state index is 13.0. The number of pyridine rings is 1. The Morgan fingerprint density at radius 3 is 2.19 bits per heavy atom. The number of aromatic nitrogens is 1. The molecule has 2 heterocycles. The molecule has 1 unspecified atom stereocenters. The van der Waals surface area contributed by atoms with Gasteiger partial charge in [0.15, 0.2) is 0 Å². The summed E-state index contributed by atoms with van der Waals surface area (Å²) in [5, 5.41) is 10.9. The average Bonchev–Trinajstić information content (AvgIpc) is 3.27. The van der Waals surface area contributed by atoms with Gasteiger partial charge in [0.2, 0.25) is 5.91 Å². The summed E-state index contributed by atoms with van der Waals surface area (Å²) in [6.07, 6.45) is 2.34. The van der Waals surface area contributed by atoms with Gasteiger partial charge in [-0.2, -0.15) is 0 Å². The van der Waals surface area contributed by atoms with E-state index in [1.807, 2.05) is 29.2 Å². The molecule has 164 valence electrons. The first kappa shape index (κ1) is 22.3. The van der Waals surface area contributed by atoms with Crippen molar-refractivity contribution in [3.8, 4) is 0 Å². The van der Waals surface area contributed by atoms with Crippen LogP contribution in [-0.2, 0) is 17.6 Å². The molecule has 1 N–H and O–H groups in total. The lowest BCUT2D eigenvalue weighted by molar-refractivity contribution is -0.131. The van der Waals surface area contributed by atoms with E-state index in [9.17, 15) is 14.7 Å². The first-order valence-corrected chi connectivity index (χ1v) is 11.2. The summed E-state index contributed by atoms with van der Waals surface area (Å²) in [5.74, 6) is -0.992. The molecule has 1 aliphatic heterocycles. The highest BCUT2D eigenvalue weighted by Gasteiger charge is 2.31. The lowest BCUT2D eigenvalue weighted by Crippen LogP contribution is -2.32. The van der Waals surface area contributed by atoms with Gasteiger partial charge in [-0.3, -0.25) is 9.78 Å². The van der Waals surface area contributed by atoms with E-state index in [1.54, 1.807) is 36.4 Å². The van der Waals surface area contributed by atoms with Crippen molar-refractivity contribution in [3.05, 3.63) is 98.8 Å². The molecular weight excluding hydrogens is 447 g/mol. The molecule has 1 aromatic heterocycles. The highest BCUT2D eigenvalue weighted by molar-refractivity contribution is 6.30. The van der Waals surface area contributed by atoms with Crippen LogP contribution in [0.4, 0.5) is 0 Å². The molecular formula is C25H22Cl2N2O3. The quantitative estimate of drug-likeness (QED) is 0.512. The Balaban J connectivity index is 1.58. The number of carboxylic acid groups (broad SMARTS) is 1. The summed E-state index contributed by atoms with van der Waals surface area (Å²) in [7, 11) is 0. The van der Waals surface area contributed by atoms with E-state index in [-0.39, 0.29) is 17.5 Å². The predicted octanol–water partition coefficient (Wildman–Crippen LogP) is 5.58. The third-order valence-corrected chi connectivity index (χ3v) is 6.20. The van der Waals surface area contributed by atoms with Crippen molar-refractivity contribution in [2.75, 3.05) is 6.54 Å². The van der Waals surface area contributed by atoms with Gasteiger partial charge in [0, 0.05) is 23.0 Å². The molecule has 0 bridgehead atoms. The van der Waals surface area contributed by atoms with Crippen LogP contribution >= 0.6 is 23.2 Å². The Hall–Kier alpha value is -2.89. The van der Waals surface area contributed by atoms with E-state index in [0.717, 1.165) is 29.7 Å². The highest BCUT2D eigenvalue weighted by Crippen LogP contribution is 2.32. The van der Waals surface area contributed by atoms with Crippen LogP contribution in [0.3, 0.4) is 0 Å². The van der Waals surface area contributed by atoms with E-state index in [2.05, 4.69) is 0 Å². The molecule has 1 atom stereocenters. The summed E-state index contributed by atoms with van der Waals surface area (Å²) >= 11 is 11.9. The second kappa shape index (κ2) is 9.72. The molecule has 32 heavy (non-hydrogen) atoms. The fraction of sp³-hybridized carbons (Fsp3) is 0.240. The molecule has 0 aliphatic carbocycles. The maximum Gasteiger partial charge on any atom is 0.337 e. The zero-order valence-electron chi connectivity index (χ0n) is 17.3. The van der Waals surface area contributed by atoms with Crippen molar-refractivity contribution in [3.63, 3.8) is 0 Å². The standard InChI is InChI=1S/C25H22Cl2N2O3/c26-18-7-3-16(4-8-18)14-22-20(25(31)32)11-12-21(28-22)23-2-1-13-29(23)24(30)15-17-5-9-19(27)10-6-17/h3-12,23H,1-2,13-15H2,(H,31,32). The molecule has 0 spiro atoms. The lowest BCUT2D eigenvalue weighted by Gasteiger charge is -2.25. The average molecular weight is 469 g/mol. The molecule has 3 aromatic rings. The Morgan fingerprint density at radius 1 is 0.938 bits per heavy atom. The second-order valence-corrected chi connectivity index (χ2v) is 8.76. The van der Waals surface area contributed by atoms with Crippen molar-refractivity contribution in [2.24, 2.45) is 0 Å². The zero-order valence-corrected chi connectivity index (χ0v) is 18.8. The number of rotatable bonds is 6. The van der Waals surface area contributed by atoms with Crippen LogP contribution in [0.2, 0.25) is 10.0 Å². The van der Waals surface area contributed by atoms with Crippen molar-refractivity contribution >= 4 is 35.1 Å². The number of carbonyl (C=O) groups excluding carboxylic acids is 1. The molecule has 1 saturated heterocycles. The Labute approximate surface area is 196 Å². The molecule has 0 saturated carbocycles. The van der Waals surface area contributed by atoms with Gasteiger partial charge in [0.05, 0.1) is 29.4 Å². The number of aromatic carboxylic acids is 1. The fourth-order valence-corrected chi connectivity index (χ4v) is 4.33. The van der Waals surface area contributed by atoms with Crippen LogP contribution in [0.5, 0.6) is 0 Å². The SMILES string of the molecule is O=C(O)c1ccc(C2CCCN2C(=O)Cc2ccc(Cl)cc2)nc1Cc1ccc(Cl)cc1. The first-order chi connectivity index (χ1) is 15.4. The number of hydrogen-bond acceptors (Lipinski definition) is 3. The number of hydrogen-bond donors (Lipinski definition) is 1. The Kier molecular flexibility index (Phi) is 6.77. The smallest absolute Gasteiger partial charge is 0.337 e. The van der Waals surface area contributed by atoms with Crippen molar-refractivity contribution in [1.82, 2.24) is 9.88 Å². The summed E-state index contributed by atoms with van der Waals surface area (Å²) in [6, 6.07) is 17.7. The minimum Gasteiger partial charge on any atom is -0.478 e. The van der Waals surface area contributed by atoms with Crippen LogP contribution in [0.15, 0.2) is 60.7 Å². The molecule has 0 radical (unpaired) electrons. The topological polar surface area (TPSA) is 70.5 Å². The predicted molar refractivity (Wildman–Crippen MR) is 124 cm³/mol. The van der Waals surface area contributed by atoms with Gasteiger partial charge in [-0.1, -0.05) is 47.5 Å². The number of carboxylic acids is 1. The van der Waals surface area contributed by atoms with Gasteiger partial charge < -0.3 is 10.0 Å². The lowest BCUT2D eigenvalue weighted by atomic mass is 10.0. The number of likely N-dealkylation sites (tertiary alicyclic amines) is 1. The number of carbonyl (C=O) groups is 2.